The van der Waals surface area contributed by atoms with Crippen LogP contribution in [0.15, 0.2) is 6.07 Å². The molecule has 1 fully saturated rings. The molecule has 1 amide bonds. The van der Waals surface area contributed by atoms with Gasteiger partial charge in [0.05, 0.1) is 10.7 Å². The third-order valence-electron chi connectivity index (χ3n) is 3.06. The minimum atomic E-state index is -0.0213. The maximum absolute atomic E-state index is 11.8. The quantitative estimate of drug-likeness (QED) is 0.869. The third-order valence-corrected chi connectivity index (χ3v) is 4.13. The molecule has 1 saturated carbocycles. The number of carbonyl (C=O) groups excluding carboxylic acids is 1. The highest BCUT2D eigenvalue weighted by Gasteiger charge is 2.19. The van der Waals surface area contributed by atoms with Crippen LogP contribution in [0.25, 0.3) is 0 Å². The summed E-state index contributed by atoms with van der Waals surface area (Å²) in [5.41, 5.74) is 6.46. The molecule has 1 heterocycles. The Hall–Kier alpha value is -1.23. The number of nitrogens with one attached hydrogen (secondary N) is 1. The van der Waals surface area contributed by atoms with Crippen LogP contribution in [0.1, 0.15) is 35.4 Å². The summed E-state index contributed by atoms with van der Waals surface area (Å²) in [5.74, 6) is -0.0213. The number of anilines is 2. The molecule has 0 radical (unpaired) electrons. The Labute approximate surface area is 106 Å². The molecule has 0 bridgehead atoms. The van der Waals surface area contributed by atoms with Crippen molar-refractivity contribution in [3.05, 3.63) is 10.9 Å². The lowest BCUT2D eigenvalue weighted by molar-refractivity contribution is 0.0833. The van der Waals surface area contributed by atoms with Gasteiger partial charge < -0.3 is 16.0 Å². The second kappa shape index (κ2) is 4.96. The van der Waals surface area contributed by atoms with Gasteiger partial charge in [0.15, 0.2) is 0 Å². The summed E-state index contributed by atoms with van der Waals surface area (Å²) in [6.45, 7) is 0. The molecular weight excluding hydrogens is 234 g/mol. The molecule has 1 aromatic heterocycles. The normalized spacial score (nSPS) is 16.1. The van der Waals surface area contributed by atoms with E-state index in [9.17, 15) is 4.79 Å². The fourth-order valence-electron chi connectivity index (χ4n) is 2.12. The molecule has 1 aliphatic rings. The minimum Gasteiger partial charge on any atom is -0.397 e. The Morgan fingerprint density at radius 2 is 2.12 bits per heavy atom. The first-order chi connectivity index (χ1) is 8.08. The maximum Gasteiger partial charge on any atom is 0.265 e. The fraction of sp³-hybridized carbons (Fsp3) is 0.583. The summed E-state index contributed by atoms with van der Waals surface area (Å²) in [7, 11) is 3.48. The second-order valence-electron chi connectivity index (χ2n) is 4.72. The van der Waals surface area contributed by atoms with Crippen molar-refractivity contribution in [1.82, 2.24) is 4.90 Å². The standard InChI is InChI=1S/C12H19N3OS/c1-15(2)12(16)11-9(13)7-10(17-11)14-8-5-3-4-6-8/h7-8,14H,3-6,13H2,1-2H3. The molecule has 17 heavy (non-hydrogen) atoms. The van der Waals surface area contributed by atoms with Crippen molar-refractivity contribution in [1.29, 1.82) is 0 Å². The highest BCUT2D eigenvalue weighted by atomic mass is 32.1. The molecule has 0 atom stereocenters. The van der Waals surface area contributed by atoms with Crippen LogP contribution in [-0.4, -0.2) is 30.9 Å². The van der Waals surface area contributed by atoms with E-state index in [2.05, 4.69) is 5.32 Å². The first kappa shape index (κ1) is 12.2. The van der Waals surface area contributed by atoms with Crippen LogP contribution in [0.3, 0.4) is 0 Å². The highest BCUT2D eigenvalue weighted by molar-refractivity contribution is 7.18. The Balaban J connectivity index is 2.09. The van der Waals surface area contributed by atoms with Gasteiger partial charge in [-0.2, -0.15) is 0 Å². The summed E-state index contributed by atoms with van der Waals surface area (Å²) in [5, 5.41) is 4.48. The van der Waals surface area contributed by atoms with Crippen molar-refractivity contribution in [3.8, 4) is 0 Å². The summed E-state index contributed by atoms with van der Waals surface area (Å²) >= 11 is 1.46. The Kier molecular flexibility index (Phi) is 3.57. The molecule has 94 valence electrons. The molecule has 0 aliphatic heterocycles. The molecule has 3 N–H and O–H groups in total. The van der Waals surface area contributed by atoms with Gasteiger partial charge in [0, 0.05) is 20.1 Å². The van der Waals surface area contributed by atoms with Crippen LogP contribution in [0.5, 0.6) is 0 Å². The largest absolute Gasteiger partial charge is 0.397 e. The summed E-state index contributed by atoms with van der Waals surface area (Å²) in [6, 6.07) is 2.43. The number of hydrogen-bond donors (Lipinski definition) is 2. The lowest BCUT2D eigenvalue weighted by Gasteiger charge is -2.10. The number of nitrogens with two attached hydrogens (primary N) is 1. The number of rotatable bonds is 3. The van der Waals surface area contributed by atoms with E-state index in [0.29, 0.717) is 16.6 Å². The first-order valence-corrected chi connectivity index (χ1v) is 6.77. The van der Waals surface area contributed by atoms with Gasteiger partial charge in [-0.3, -0.25) is 4.79 Å². The van der Waals surface area contributed by atoms with Crippen LogP contribution >= 0.6 is 11.3 Å². The zero-order chi connectivity index (χ0) is 12.4. The van der Waals surface area contributed by atoms with Gasteiger partial charge in [-0.15, -0.1) is 11.3 Å². The number of thiophene rings is 1. The van der Waals surface area contributed by atoms with Gasteiger partial charge >= 0.3 is 0 Å². The SMILES string of the molecule is CN(C)C(=O)c1sc(NC2CCCC2)cc1N. The molecule has 4 nitrogen and oxygen atoms in total. The molecule has 0 unspecified atom stereocenters. The zero-order valence-corrected chi connectivity index (χ0v) is 11.1. The van der Waals surface area contributed by atoms with E-state index < -0.39 is 0 Å². The second-order valence-corrected chi connectivity index (χ2v) is 5.77. The topological polar surface area (TPSA) is 58.4 Å². The van der Waals surface area contributed by atoms with Crippen molar-refractivity contribution in [2.24, 2.45) is 0 Å². The van der Waals surface area contributed by atoms with E-state index in [1.54, 1.807) is 19.0 Å². The molecule has 5 heteroatoms. The lowest BCUT2D eigenvalue weighted by Crippen LogP contribution is -2.21. The van der Waals surface area contributed by atoms with E-state index in [1.165, 1.54) is 37.0 Å². The molecule has 1 aliphatic carbocycles. The Morgan fingerprint density at radius 3 is 2.71 bits per heavy atom. The molecule has 0 aromatic carbocycles. The molecule has 0 spiro atoms. The Bertz CT molecular complexity index is 408. The van der Waals surface area contributed by atoms with Crippen LogP contribution in [0.2, 0.25) is 0 Å². The number of nitrogen functional groups attached to an aromatic ring is 1. The van der Waals surface area contributed by atoms with E-state index in [4.69, 9.17) is 5.73 Å². The van der Waals surface area contributed by atoms with Crippen molar-refractivity contribution in [3.63, 3.8) is 0 Å². The van der Waals surface area contributed by atoms with E-state index in [1.807, 2.05) is 6.07 Å². The van der Waals surface area contributed by atoms with E-state index >= 15 is 0 Å². The highest BCUT2D eigenvalue weighted by Crippen LogP contribution is 2.32. The average molecular weight is 253 g/mol. The van der Waals surface area contributed by atoms with Gasteiger partial charge in [0.1, 0.15) is 4.88 Å². The van der Waals surface area contributed by atoms with Crippen molar-refractivity contribution >= 4 is 27.9 Å². The van der Waals surface area contributed by atoms with Crippen molar-refractivity contribution < 1.29 is 4.79 Å². The van der Waals surface area contributed by atoms with Gasteiger partial charge in [-0.05, 0) is 18.9 Å². The van der Waals surface area contributed by atoms with Crippen LogP contribution < -0.4 is 11.1 Å². The predicted molar refractivity (Wildman–Crippen MR) is 72.6 cm³/mol. The first-order valence-electron chi connectivity index (χ1n) is 5.95. The van der Waals surface area contributed by atoms with Crippen molar-refractivity contribution in [2.75, 3.05) is 25.1 Å². The van der Waals surface area contributed by atoms with E-state index in [-0.39, 0.29) is 5.91 Å². The Morgan fingerprint density at radius 1 is 1.47 bits per heavy atom. The minimum absolute atomic E-state index is 0.0213. The van der Waals surface area contributed by atoms with Crippen LogP contribution in [-0.2, 0) is 0 Å². The van der Waals surface area contributed by atoms with Gasteiger partial charge in [-0.25, -0.2) is 0 Å². The lowest BCUT2D eigenvalue weighted by atomic mass is 10.2. The number of nitrogens with zero attached hydrogens (tertiary/aromatic N) is 1. The number of amides is 1. The van der Waals surface area contributed by atoms with Crippen molar-refractivity contribution in [2.45, 2.75) is 31.7 Å². The smallest absolute Gasteiger partial charge is 0.265 e. The zero-order valence-electron chi connectivity index (χ0n) is 10.3. The van der Waals surface area contributed by atoms with Gasteiger partial charge in [0.25, 0.3) is 5.91 Å². The fourth-order valence-corrected chi connectivity index (χ4v) is 3.20. The monoisotopic (exact) mass is 253 g/mol. The molecule has 1 aromatic rings. The molecule has 2 rings (SSSR count). The third kappa shape index (κ3) is 2.72. The summed E-state index contributed by atoms with van der Waals surface area (Å²) in [4.78, 5) is 14.0. The van der Waals surface area contributed by atoms with Crippen LogP contribution in [0.4, 0.5) is 10.7 Å². The van der Waals surface area contributed by atoms with E-state index in [0.717, 1.165) is 5.00 Å². The predicted octanol–water partition coefficient (Wildman–Crippen LogP) is 2.39. The number of hydrogen-bond acceptors (Lipinski definition) is 4. The number of carbonyl (C=O) groups is 1. The molecular formula is C12H19N3OS. The average Bonchev–Trinajstić information content (AvgIpc) is 2.87. The maximum atomic E-state index is 11.8. The summed E-state index contributed by atoms with van der Waals surface area (Å²) < 4.78 is 0. The molecule has 0 saturated heterocycles. The van der Waals surface area contributed by atoms with Crippen LogP contribution in [0, 0.1) is 0 Å². The van der Waals surface area contributed by atoms with Gasteiger partial charge in [0.2, 0.25) is 0 Å². The van der Waals surface area contributed by atoms with Gasteiger partial charge in [-0.1, -0.05) is 12.8 Å². The summed E-state index contributed by atoms with van der Waals surface area (Å²) in [6.07, 6.45) is 5.02.